The highest BCUT2D eigenvalue weighted by atomic mass is 16.6. The number of rotatable bonds is 5. The van der Waals surface area contributed by atoms with Crippen LogP contribution in [0.15, 0.2) is 24.3 Å². The molecule has 0 atom stereocenters. The summed E-state index contributed by atoms with van der Waals surface area (Å²) in [6.07, 6.45) is 0.379. The van der Waals surface area contributed by atoms with Crippen molar-refractivity contribution >= 4 is 23.1 Å². The number of anilines is 3. The number of nitrogens with one attached hydrogen (secondary N) is 1. The molecule has 2 rings (SSSR count). The summed E-state index contributed by atoms with van der Waals surface area (Å²) in [5.74, 6) is 0.639. The first-order chi connectivity index (χ1) is 10.1. The minimum absolute atomic E-state index is 0.163. The minimum atomic E-state index is -0.568. The van der Waals surface area contributed by atoms with Gasteiger partial charge in [0.25, 0.3) is 0 Å². The zero-order valence-electron chi connectivity index (χ0n) is 11.7. The molecule has 1 aromatic carbocycles. The third-order valence-electron chi connectivity index (χ3n) is 2.85. The van der Waals surface area contributed by atoms with E-state index in [2.05, 4.69) is 15.3 Å². The van der Waals surface area contributed by atoms with E-state index in [-0.39, 0.29) is 23.1 Å². The molecule has 0 unspecified atom stereocenters. The van der Waals surface area contributed by atoms with Gasteiger partial charge >= 0.3 is 5.69 Å². The van der Waals surface area contributed by atoms with Crippen molar-refractivity contribution in [2.75, 3.05) is 18.2 Å². The molecule has 0 spiro atoms. The standard InChI is InChI=1S/C13H15N5O3/c1-3-8-11(18(19)20)12(14)17-13(15-8)16-9-6-4-5-7-10(9)21-2/h4-7H,3H2,1-2H3,(H3,14,15,16,17). The maximum atomic E-state index is 11.0. The summed E-state index contributed by atoms with van der Waals surface area (Å²) in [6.45, 7) is 1.77. The molecule has 8 nitrogen and oxygen atoms in total. The Labute approximate surface area is 121 Å². The number of nitrogens with two attached hydrogens (primary N) is 1. The average Bonchev–Trinajstić information content (AvgIpc) is 2.46. The predicted molar refractivity (Wildman–Crippen MR) is 78.8 cm³/mol. The SMILES string of the molecule is CCc1nc(Nc2ccccc2OC)nc(N)c1[N+](=O)[O-]. The van der Waals surface area contributed by atoms with Gasteiger partial charge in [0.2, 0.25) is 11.8 Å². The number of aromatic nitrogens is 2. The molecule has 0 fully saturated rings. The van der Waals surface area contributed by atoms with E-state index in [1.165, 1.54) is 0 Å². The number of benzene rings is 1. The van der Waals surface area contributed by atoms with Crippen molar-refractivity contribution in [1.29, 1.82) is 0 Å². The Hall–Kier alpha value is -2.90. The van der Waals surface area contributed by atoms with Crippen LogP contribution < -0.4 is 15.8 Å². The van der Waals surface area contributed by atoms with Gasteiger partial charge in [-0.3, -0.25) is 10.1 Å². The molecule has 1 heterocycles. The predicted octanol–water partition coefficient (Wildman–Crippen LogP) is 2.28. The Bertz CT molecular complexity index is 675. The molecule has 1 aromatic heterocycles. The maximum absolute atomic E-state index is 11.0. The van der Waals surface area contributed by atoms with Gasteiger partial charge in [0.1, 0.15) is 11.4 Å². The Balaban J connectivity index is 2.42. The number of nitro groups is 1. The van der Waals surface area contributed by atoms with Crippen LogP contribution in [0.1, 0.15) is 12.6 Å². The molecule has 0 aliphatic carbocycles. The van der Waals surface area contributed by atoms with E-state index in [9.17, 15) is 10.1 Å². The first kappa shape index (κ1) is 14.5. The zero-order valence-corrected chi connectivity index (χ0v) is 11.7. The van der Waals surface area contributed by atoms with E-state index in [0.717, 1.165) is 0 Å². The number of para-hydroxylation sites is 2. The lowest BCUT2D eigenvalue weighted by Crippen LogP contribution is -2.08. The lowest BCUT2D eigenvalue weighted by molar-refractivity contribution is -0.385. The van der Waals surface area contributed by atoms with E-state index in [0.29, 0.717) is 17.9 Å². The van der Waals surface area contributed by atoms with Crippen LogP contribution in [0.2, 0.25) is 0 Å². The van der Waals surface area contributed by atoms with Crippen LogP contribution in [0, 0.1) is 10.1 Å². The van der Waals surface area contributed by atoms with E-state index in [1.807, 2.05) is 12.1 Å². The van der Waals surface area contributed by atoms with Crippen molar-refractivity contribution in [1.82, 2.24) is 9.97 Å². The third-order valence-corrected chi connectivity index (χ3v) is 2.85. The van der Waals surface area contributed by atoms with Gasteiger partial charge in [0, 0.05) is 0 Å². The van der Waals surface area contributed by atoms with Crippen molar-refractivity contribution in [3.63, 3.8) is 0 Å². The van der Waals surface area contributed by atoms with Crippen molar-refractivity contribution < 1.29 is 9.66 Å². The molecule has 8 heteroatoms. The number of methoxy groups -OCH3 is 1. The summed E-state index contributed by atoms with van der Waals surface area (Å²) in [4.78, 5) is 18.5. The lowest BCUT2D eigenvalue weighted by Gasteiger charge is -2.11. The van der Waals surface area contributed by atoms with E-state index in [4.69, 9.17) is 10.5 Å². The molecule has 21 heavy (non-hydrogen) atoms. The molecule has 0 amide bonds. The van der Waals surface area contributed by atoms with Crippen molar-refractivity contribution in [2.45, 2.75) is 13.3 Å². The van der Waals surface area contributed by atoms with Crippen LogP contribution in [0.3, 0.4) is 0 Å². The Morgan fingerprint density at radius 2 is 2.10 bits per heavy atom. The molecule has 0 bridgehead atoms. The molecule has 110 valence electrons. The second kappa shape index (κ2) is 6.04. The largest absolute Gasteiger partial charge is 0.495 e. The number of aryl methyl sites for hydroxylation is 1. The Kier molecular flexibility index (Phi) is 4.17. The van der Waals surface area contributed by atoms with Crippen molar-refractivity contribution in [3.05, 3.63) is 40.1 Å². The van der Waals surface area contributed by atoms with Crippen LogP contribution in [-0.4, -0.2) is 22.0 Å². The summed E-state index contributed by atoms with van der Waals surface area (Å²) in [5, 5.41) is 13.9. The molecule has 2 aromatic rings. The van der Waals surface area contributed by atoms with E-state index < -0.39 is 4.92 Å². The topological polar surface area (TPSA) is 116 Å². The highest BCUT2D eigenvalue weighted by Gasteiger charge is 2.21. The number of nitrogen functional groups attached to an aromatic ring is 1. The maximum Gasteiger partial charge on any atom is 0.332 e. The molecule has 0 saturated carbocycles. The molecule has 0 radical (unpaired) electrons. The highest BCUT2D eigenvalue weighted by molar-refractivity contribution is 5.65. The molecular formula is C13H15N5O3. The first-order valence-corrected chi connectivity index (χ1v) is 6.27. The number of hydrogen-bond donors (Lipinski definition) is 2. The summed E-state index contributed by atoms with van der Waals surface area (Å²) in [5.41, 5.74) is 6.34. The van der Waals surface area contributed by atoms with Gasteiger partial charge in [-0.05, 0) is 18.6 Å². The quantitative estimate of drug-likeness (QED) is 0.640. The summed E-state index contributed by atoms with van der Waals surface area (Å²) < 4.78 is 5.21. The molecule has 0 aliphatic heterocycles. The summed E-state index contributed by atoms with van der Waals surface area (Å²) in [6, 6.07) is 7.20. The van der Waals surface area contributed by atoms with Crippen LogP contribution in [0.4, 0.5) is 23.1 Å². The fraction of sp³-hybridized carbons (Fsp3) is 0.231. The average molecular weight is 289 g/mol. The lowest BCUT2D eigenvalue weighted by atomic mass is 10.2. The first-order valence-electron chi connectivity index (χ1n) is 6.27. The van der Waals surface area contributed by atoms with Gasteiger partial charge < -0.3 is 15.8 Å². The second-order valence-electron chi connectivity index (χ2n) is 4.16. The van der Waals surface area contributed by atoms with Gasteiger partial charge in [-0.1, -0.05) is 19.1 Å². The van der Waals surface area contributed by atoms with E-state index in [1.54, 1.807) is 26.2 Å². The molecule has 0 saturated heterocycles. The van der Waals surface area contributed by atoms with E-state index >= 15 is 0 Å². The van der Waals surface area contributed by atoms with Crippen LogP contribution >= 0.6 is 0 Å². The zero-order chi connectivity index (χ0) is 15.4. The molecule has 3 N–H and O–H groups in total. The summed E-state index contributed by atoms with van der Waals surface area (Å²) >= 11 is 0. The smallest absolute Gasteiger partial charge is 0.332 e. The van der Waals surface area contributed by atoms with Gasteiger partial charge in [0.05, 0.1) is 17.7 Å². The van der Waals surface area contributed by atoms with Crippen molar-refractivity contribution in [2.24, 2.45) is 0 Å². The van der Waals surface area contributed by atoms with Gasteiger partial charge in [0.15, 0.2) is 0 Å². The normalized spacial score (nSPS) is 10.2. The number of ether oxygens (including phenoxy) is 1. The van der Waals surface area contributed by atoms with Crippen LogP contribution in [0.25, 0.3) is 0 Å². The monoisotopic (exact) mass is 289 g/mol. The van der Waals surface area contributed by atoms with Gasteiger partial charge in [-0.15, -0.1) is 0 Å². The summed E-state index contributed by atoms with van der Waals surface area (Å²) in [7, 11) is 1.54. The Morgan fingerprint density at radius 1 is 1.38 bits per heavy atom. The fourth-order valence-corrected chi connectivity index (χ4v) is 1.89. The van der Waals surface area contributed by atoms with Gasteiger partial charge in [-0.25, -0.2) is 4.98 Å². The fourth-order valence-electron chi connectivity index (χ4n) is 1.89. The number of hydrogen-bond acceptors (Lipinski definition) is 7. The Morgan fingerprint density at radius 3 is 2.71 bits per heavy atom. The van der Waals surface area contributed by atoms with Crippen LogP contribution in [0.5, 0.6) is 5.75 Å². The van der Waals surface area contributed by atoms with Gasteiger partial charge in [-0.2, -0.15) is 4.98 Å². The van der Waals surface area contributed by atoms with Crippen molar-refractivity contribution in [3.8, 4) is 5.75 Å². The minimum Gasteiger partial charge on any atom is -0.495 e. The molecule has 0 aliphatic rings. The highest BCUT2D eigenvalue weighted by Crippen LogP contribution is 2.29. The van der Waals surface area contributed by atoms with Crippen LogP contribution in [-0.2, 0) is 6.42 Å². The molecular weight excluding hydrogens is 274 g/mol. The third kappa shape index (κ3) is 2.99. The number of nitrogens with zero attached hydrogens (tertiary/aromatic N) is 3. The second-order valence-corrected chi connectivity index (χ2v) is 4.16.